The molecule has 1 rings (SSSR count). The van der Waals surface area contributed by atoms with Crippen molar-refractivity contribution in [2.45, 2.75) is 13.0 Å². The van der Waals surface area contributed by atoms with Crippen LogP contribution in [-0.4, -0.2) is 10.1 Å². The molecule has 0 fully saturated rings. The Morgan fingerprint density at radius 3 is 2.69 bits per heavy atom. The average Bonchev–Trinajstić information content (AvgIpc) is 2.07. The Labute approximate surface area is 72.0 Å². The number of aromatic amines is 1. The van der Waals surface area contributed by atoms with Crippen LogP contribution in [0.15, 0.2) is 10.9 Å². The first kappa shape index (κ1) is 9.66. The maximum atomic E-state index is 12.1. The SMILES string of the molecule is Nc1cc(C(F)F)c(=O)[nH]c1CO. The van der Waals surface area contributed by atoms with Gasteiger partial charge in [0, 0.05) is 0 Å². The molecule has 4 nitrogen and oxygen atoms in total. The van der Waals surface area contributed by atoms with Crippen molar-refractivity contribution in [1.29, 1.82) is 0 Å². The van der Waals surface area contributed by atoms with Gasteiger partial charge in [-0.25, -0.2) is 8.78 Å². The van der Waals surface area contributed by atoms with E-state index in [1.54, 1.807) is 0 Å². The second-order valence-electron chi connectivity index (χ2n) is 2.45. The minimum absolute atomic E-state index is 0.0441. The van der Waals surface area contributed by atoms with Gasteiger partial charge in [-0.3, -0.25) is 4.79 Å². The van der Waals surface area contributed by atoms with Crippen LogP contribution in [0.2, 0.25) is 0 Å². The van der Waals surface area contributed by atoms with Crippen LogP contribution in [-0.2, 0) is 6.61 Å². The summed E-state index contributed by atoms with van der Waals surface area (Å²) < 4.78 is 24.2. The molecule has 0 atom stereocenters. The number of hydrogen-bond donors (Lipinski definition) is 3. The lowest BCUT2D eigenvalue weighted by Crippen LogP contribution is -2.16. The molecule has 1 heterocycles. The molecule has 0 aliphatic heterocycles. The molecule has 1 aromatic heterocycles. The third kappa shape index (κ3) is 1.83. The van der Waals surface area contributed by atoms with Crippen LogP contribution in [0.4, 0.5) is 14.5 Å². The lowest BCUT2D eigenvalue weighted by Gasteiger charge is -2.04. The zero-order valence-corrected chi connectivity index (χ0v) is 6.55. The van der Waals surface area contributed by atoms with Crippen LogP contribution < -0.4 is 11.3 Å². The van der Waals surface area contributed by atoms with Crippen molar-refractivity contribution in [3.63, 3.8) is 0 Å². The predicted octanol–water partition coefficient (Wildman–Crippen LogP) is 0.387. The summed E-state index contributed by atoms with van der Waals surface area (Å²) in [7, 11) is 0. The molecule has 6 heteroatoms. The summed E-state index contributed by atoms with van der Waals surface area (Å²) in [5, 5.41) is 8.63. The Balaban J connectivity index is 3.29. The van der Waals surface area contributed by atoms with Gasteiger partial charge in [0.1, 0.15) is 0 Å². The van der Waals surface area contributed by atoms with E-state index in [1.165, 1.54) is 0 Å². The number of nitrogens with two attached hydrogens (primary N) is 1. The van der Waals surface area contributed by atoms with Crippen LogP contribution >= 0.6 is 0 Å². The van der Waals surface area contributed by atoms with E-state index in [0.717, 1.165) is 6.07 Å². The number of rotatable bonds is 2. The number of aliphatic hydroxyl groups excluding tert-OH is 1. The Kier molecular flexibility index (Phi) is 2.62. The fourth-order valence-electron chi connectivity index (χ4n) is 0.894. The molecule has 13 heavy (non-hydrogen) atoms. The molecule has 0 amide bonds. The summed E-state index contributed by atoms with van der Waals surface area (Å²) in [6.07, 6.45) is -2.86. The number of aromatic nitrogens is 1. The largest absolute Gasteiger partial charge is 0.397 e. The molecule has 0 bridgehead atoms. The summed E-state index contributed by atoms with van der Waals surface area (Å²) in [5.41, 5.74) is 3.67. The second kappa shape index (κ2) is 3.53. The topological polar surface area (TPSA) is 79.1 Å². The number of halogens is 2. The molecular formula is C7H8F2N2O2. The van der Waals surface area contributed by atoms with E-state index < -0.39 is 24.2 Å². The fraction of sp³-hybridized carbons (Fsp3) is 0.286. The molecule has 0 unspecified atom stereocenters. The van der Waals surface area contributed by atoms with Gasteiger partial charge in [-0.1, -0.05) is 0 Å². The van der Waals surface area contributed by atoms with Crippen molar-refractivity contribution in [3.05, 3.63) is 27.7 Å². The number of anilines is 1. The number of aliphatic hydroxyl groups is 1. The van der Waals surface area contributed by atoms with Crippen LogP contribution in [0.5, 0.6) is 0 Å². The van der Waals surface area contributed by atoms with E-state index in [-0.39, 0.29) is 11.4 Å². The maximum Gasteiger partial charge on any atom is 0.269 e. The van der Waals surface area contributed by atoms with Gasteiger partial charge in [0.15, 0.2) is 0 Å². The lowest BCUT2D eigenvalue weighted by molar-refractivity contribution is 0.149. The molecule has 0 aromatic carbocycles. The van der Waals surface area contributed by atoms with Gasteiger partial charge in [0.25, 0.3) is 12.0 Å². The molecular weight excluding hydrogens is 182 g/mol. The third-order valence-corrected chi connectivity index (χ3v) is 1.58. The van der Waals surface area contributed by atoms with Gasteiger partial charge in [-0.2, -0.15) is 0 Å². The highest BCUT2D eigenvalue weighted by atomic mass is 19.3. The summed E-state index contributed by atoms with van der Waals surface area (Å²) in [6.45, 7) is -0.482. The minimum atomic E-state index is -2.86. The summed E-state index contributed by atoms with van der Waals surface area (Å²) in [5.74, 6) is 0. The van der Waals surface area contributed by atoms with Crippen molar-refractivity contribution in [1.82, 2.24) is 4.98 Å². The lowest BCUT2D eigenvalue weighted by atomic mass is 10.2. The number of H-pyrrole nitrogens is 1. The molecule has 0 spiro atoms. The van der Waals surface area contributed by atoms with Crippen LogP contribution in [0.1, 0.15) is 17.7 Å². The number of nitrogen functional groups attached to an aromatic ring is 1. The smallest absolute Gasteiger partial charge is 0.269 e. The zero-order chi connectivity index (χ0) is 10.0. The molecule has 4 N–H and O–H groups in total. The molecule has 0 aliphatic rings. The molecule has 72 valence electrons. The summed E-state index contributed by atoms with van der Waals surface area (Å²) in [4.78, 5) is 13.0. The Hall–Kier alpha value is -1.43. The van der Waals surface area contributed by atoms with Gasteiger partial charge in [-0.15, -0.1) is 0 Å². The van der Waals surface area contributed by atoms with E-state index >= 15 is 0 Å². The second-order valence-corrected chi connectivity index (χ2v) is 2.45. The van der Waals surface area contributed by atoms with Crippen molar-refractivity contribution in [3.8, 4) is 0 Å². The van der Waals surface area contributed by atoms with Gasteiger partial charge in [0.2, 0.25) is 0 Å². The summed E-state index contributed by atoms with van der Waals surface area (Å²) in [6, 6.07) is 0.870. The molecule has 0 saturated heterocycles. The predicted molar refractivity (Wildman–Crippen MR) is 42.4 cm³/mol. The normalized spacial score (nSPS) is 10.8. The van der Waals surface area contributed by atoms with Crippen LogP contribution in [0.3, 0.4) is 0 Å². The molecule has 1 aromatic rings. The van der Waals surface area contributed by atoms with Crippen molar-refractivity contribution in [2.24, 2.45) is 0 Å². The van der Waals surface area contributed by atoms with E-state index in [0.29, 0.717) is 0 Å². The summed E-state index contributed by atoms with van der Waals surface area (Å²) >= 11 is 0. The number of hydrogen-bond acceptors (Lipinski definition) is 3. The maximum absolute atomic E-state index is 12.1. The van der Waals surface area contributed by atoms with Gasteiger partial charge < -0.3 is 15.8 Å². The van der Waals surface area contributed by atoms with Crippen LogP contribution in [0.25, 0.3) is 0 Å². The standard InChI is InChI=1S/C7H8F2N2O2/c8-6(9)3-1-4(10)5(2-12)11-7(3)13/h1,6,12H,2,10H2,(H,11,13). The van der Waals surface area contributed by atoms with E-state index in [9.17, 15) is 13.6 Å². The van der Waals surface area contributed by atoms with E-state index in [1.807, 2.05) is 0 Å². The molecule has 0 saturated carbocycles. The Morgan fingerprint density at radius 1 is 1.62 bits per heavy atom. The molecule has 0 aliphatic carbocycles. The monoisotopic (exact) mass is 190 g/mol. The van der Waals surface area contributed by atoms with Gasteiger partial charge >= 0.3 is 0 Å². The van der Waals surface area contributed by atoms with Crippen molar-refractivity contribution in [2.75, 3.05) is 5.73 Å². The van der Waals surface area contributed by atoms with Gasteiger partial charge in [-0.05, 0) is 6.07 Å². The van der Waals surface area contributed by atoms with E-state index in [2.05, 4.69) is 4.98 Å². The number of alkyl halides is 2. The zero-order valence-electron chi connectivity index (χ0n) is 6.55. The van der Waals surface area contributed by atoms with Crippen molar-refractivity contribution >= 4 is 5.69 Å². The molecule has 0 radical (unpaired) electrons. The highest BCUT2D eigenvalue weighted by Crippen LogP contribution is 2.17. The average molecular weight is 190 g/mol. The van der Waals surface area contributed by atoms with Gasteiger partial charge in [0.05, 0.1) is 23.6 Å². The quantitative estimate of drug-likeness (QED) is 0.631. The Bertz CT molecular complexity index is 362. The van der Waals surface area contributed by atoms with Crippen molar-refractivity contribution < 1.29 is 13.9 Å². The van der Waals surface area contributed by atoms with Crippen LogP contribution in [0, 0.1) is 0 Å². The highest BCUT2D eigenvalue weighted by Gasteiger charge is 2.13. The first-order valence-corrected chi connectivity index (χ1v) is 3.47. The number of nitrogens with one attached hydrogen (secondary N) is 1. The third-order valence-electron chi connectivity index (χ3n) is 1.58. The van der Waals surface area contributed by atoms with E-state index in [4.69, 9.17) is 10.8 Å². The first-order chi connectivity index (χ1) is 6.06. The fourth-order valence-corrected chi connectivity index (χ4v) is 0.894. The highest BCUT2D eigenvalue weighted by molar-refractivity contribution is 5.44. The first-order valence-electron chi connectivity index (χ1n) is 3.47. The Morgan fingerprint density at radius 2 is 2.23 bits per heavy atom. The number of pyridine rings is 1. The minimum Gasteiger partial charge on any atom is -0.397 e.